The molecule has 6 heteroatoms. The SMILES string of the molecule is O=C(/C=C/c1ccc2c(c1)OCO2)NCc1ccc(CN2CCOCC2)cc1. The molecule has 0 saturated carbocycles. The number of carbonyl (C=O) groups is 1. The van der Waals surface area contributed by atoms with Gasteiger partial charge in [0.1, 0.15) is 0 Å². The van der Waals surface area contributed by atoms with Crippen molar-refractivity contribution in [2.24, 2.45) is 0 Å². The monoisotopic (exact) mass is 380 g/mol. The summed E-state index contributed by atoms with van der Waals surface area (Å²) in [6, 6.07) is 14.0. The van der Waals surface area contributed by atoms with Crippen LogP contribution in [-0.4, -0.2) is 43.9 Å². The summed E-state index contributed by atoms with van der Waals surface area (Å²) in [5.74, 6) is 1.31. The highest BCUT2D eigenvalue weighted by molar-refractivity contribution is 5.91. The number of nitrogens with zero attached hydrogens (tertiary/aromatic N) is 1. The third kappa shape index (κ3) is 4.91. The standard InChI is InChI=1S/C22H24N2O4/c25-22(8-6-17-5-7-20-21(13-17)28-16-27-20)23-14-18-1-3-19(4-2-18)15-24-9-11-26-12-10-24/h1-8,13H,9-12,14-16H2,(H,23,25)/b8-6+. The highest BCUT2D eigenvalue weighted by atomic mass is 16.7. The highest BCUT2D eigenvalue weighted by Gasteiger charge is 2.12. The van der Waals surface area contributed by atoms with Gasteiger partial charge in [0.2, 0.25) is 12.7 Å². The zero-order valence-corrected chi connectivity index (χ0v) is 15.7. The Morgan fingerprint density at radius 3 is 2.57 bits per heavy atom. The minimum Gasteiger partial charge on any atom is -0.454 e. The van der Waals surface area contributed by atoms with Gasteiger partial charge in [-0.05, 0) is 34.9 Å². The molecule has 0 radical (unpaired) electrons. The van der Waals surface area contributed by atoms with E-state index in [1.165, 1.54) is 11.6 Å². The number of hydrogen-bond donors (Lipinski definition) is 1. The van der Waals surface area contributed by atoms with Gasteiger partial charge in [-0.3, -0.25) is 9.69 Å². The first-order chi connectivity index (χ1) is 13.8. The minimum absolute atomic E-state index is 0.130. The van der Waals surface area contributed by atoms with E-state index in [-0.39, 0.29) is 12.7 Å². The molecule has 1 saturated heterocycles. The lowest BCUT2D eigenvalue weighted by atomic mass is 10.1. The zero-order valence-electron chi connectivity index (χ0n) is 15.7. The van der Waals surface area contributed by atoms with E-state index in [0.29, 0.717) is 12.3 Å². The molecule has 0 spiro atoms. The summed E-state index contributed by atoms with van der Waals surface area (Å²) in [7, 11) is 0. The van der Waals surface area contributed by atoms with Crippen molar-refractivity contribution < 1.29 is 19.0 Å². The number of rotatable bonds is 6. The van der Waals surface area contributed by atoms with Crippen molar-refractivity contribution in [1.82, 2.24) is 10.2 Å². The number of fused-ring (bicyclic) bond motifs is 1. The second-order valence-corrected chi connectivity index (χ2v) is 6.87. The normalized spacial score (nSPS) is 16.4. The second kappa shape index (κ2) is 8.91. The van der Waals surface area contributed by atoms with Crippen molar-refractivity contribution in [3.05, 3.63) is 65.2 Å². The minimum atomic E-state index is -0.130. The Labute approximate surface area is 164 Å². The first kappa shape index (κ1) is 18.5. The third-order valence-corrected chi connectivity index (χ3v) is 4.82. The van der Waals surface area contributed by atoms with Crippen LogP contribution >= 0.6 is 0 Å². The molecule has 2 aromatic carbocycles. The molecule has 0 aromatic heterocycles. The molecule has 2 aromatic rings. The van der Waals surface area contributed by atoms with Crippen molar-refractivity contribution in [3.63, 3.8) is 0 Å². The lowest BCUT2D eigenvalue weighted by molar-refractivity contribution is -0.116. The first-order valence-corrected chi connectivity index (χ1v) is 9.50. The number of nitrogens with one attached hydrogen (secondary N) is 1. The summed E-state index contributed by atoms with van der Waals surface area (Å²) in [6.07, 6.45) is 3.30. The molecule has 2 heterocycles. The van der Waals surface area contributed by atoms with Gasteiger partial charge in [-0.1, -0.05) is 30.3 Å². The predicted octanol–water partition coefficient (Wildman–Crippen LogP) is 2.58. The summed E-state index contributed by atoms with van der Waals surface area (Å²) in [4.78, 5) is 14.5. The summed E-state index contributed by atoms with van der Waals surface area (Å²) in [5, 5.41) is 2.91. The molecular weight excluding hydrogens is 356 g/mol. The largest absolute Gasteiger partial charge is 0.454 e. The van der Waals surface area contributed by atoms with Crippen LogP contribution in [0.25, 0.3) is 6.08 Å². The Hall–Kier alpha value is -2.83. The molecule has 4 rings (SSSR count). The number of ether oxygens (including phenoxy) is 3. The Balaban J connectivity index is 1.25. The van der Waals surface area contributed by atoms with E-state index in [1.807, 2.05) is 18.2 Å². The van der Waals surface area contributed by atoms with Crippen LogP contribution in [0, 0.1) is 0 Å². The second-order valence-electron chi connectivity index (χ2n) is 6.87. The molecule has 2 aliphatic heterocycles. The number of carbonyl (C=O) groups excluding carboxylic acids is 1. The van der Waals surface area contributed by atoms with Crippen molar-refractivity contribution in [2.75, 3.05) is 33.1 Å². The Kier molecular flexibility index (Phi) is 5.89. The van der Waals surface area contributed by atoms with Crippen LogP contribution in [0.1, 0.15) is 16.7 Å². The van der Waals surface area contributed by atoms with E-state index >= 15 is 0 Å². The Morgan fingerprint density at radius 2 is 1.75 bits per heavy atom. The van der Waals surface area contributed by atoms with Crippen molar-refractivity contribution in [1.29, 1.82) is 0 Å². The zero-order chi connectivity index (χ0) is 19.2. The molecular formula is C22H24N2O4. The lowest BCUT2D eigenvalue weighted by Crippen LogP contribution is -2.35. The fourth-order valence-electron chi connectivity index (χ4n) is 3.22. The van der Waals surface area contributed by atoms with E-state index in [2.05, 4.69) is 34.5 Å². The van der Waals surface area contributed by atoms with Gasteiger partial charge in [0.25, 0.3) is 0 Å². The maximum atomic E-state index is 12.1. The summed E-state index contributed by atoms with van der Waals surface area (Å²) < 4.78 is 16.0. The van der Waals surface area contributed by atoms with E-state index in [9.17, 15) is 4.79 Å². The summed E-state index contributed by atoms with van der Waals surface area (Å²) in [6.45, 7) is 5.26. The molecule has 0 unspecified atom stereocenters. The van der Waals surface area contributed by atoms with Gasteiger partial charge in [0.05, 0.1) is 13.2 Å². The summed E-state index contributed by atoms with van der Waals surface area (Å²) >= 11 is 0. The first-order valence-electron chi connectivity index (χ1n) is 9.50. The Morgan fingerprint density at radius 1 is 1.00 bits per heavy atom. The van der Waals surface area contributed by atoms with Crippen LogP contribution in [0.2, 0.25) is 0 Å². The van der Waals surface area contributed by atoms with Crippen LogP contribution in [0.15, 0.2) is 48.5 Å². The average molecular weight is 380 g/mol. The van der Waals surface area contributed by atoms with Crippen LogP contribution in [-0.2, 0) is 22.6 Å². The number of amides is 1. The lowest BCUT2D eigenvalue weighted by Gasteiger charge is -2.26. The van der Waals surface area contributed by atoms with Crippen LogP contribution < -0.4 is 14.8 Å². The molecule has 0 atom stereocenters. The maximum Gasteiger partial charge on any atom is 0.244 e. The molecule has 0 bridgehead atoms. The van der Waals surface area contributed by atoms with E-state index in [1.54, 1.807) is 6.08 Å². The van der Waals surface area contributed by atoms with Gasteiger partial charge in [-0.15, -0.1) is 0 Å². The van der Waals surface area contributed by atoms with Gasteiger partial charge < -0.3 is 19.5 Å². The molecule has 28 heavy (non-hydrogen) atoms. The number of hydrogen-bond acceptors (Lipinski definition) is 5. The third-order valence-electron chi connectivity index (χ3n) is 4.82. The van der Waals surface area contributed by atoms with E-state index in [4.69, 9.17) is 14.2 Å². The fourth-order valence-corrected chi connectivity index (χ4v) is 3.22. The van der Waals surface area contributed by atoms with Crippen LogP contribution in [0.4, 0.5) is 0 Å². The highest BCUT2D eigenvalue weighted by Crippen LogP contribution is 2.32. The Bertz CT molecular complexity index is 842. The molecule has 146 valence electrons. The van der Waals surface area contributed by atoms with Crippen molar-refractivity contribution in [3.8, 4) is 11.5 Å². The van der Waals surface area contributed by atoms with Crippen molar-refractivity contribution >= 4 is 12.0 Å². The molecule has 6 nitrogen and oxygen atoms in total. The van der Waals surface area contributed by atoms with Gasteiger partial charge in [-0.2, -0.15) is 0 Å². The van der Waals surface area contributed by atoms with Crippen LogP contribution in [0.3, 0.4) is 0 Å². The van der Waals surface area contributed by atoms with E-state index in [0.717, 1.165) is 49.7 Å². The van der Waals surface area contributed by atoms with Gasteiger partial charge in [0, 0.05) is 32.3 Å². The average Bonchev–Trinajstić information content (AvgIpc) is 3.20. The molecule has 0 aliphatic carbocycles. The molecule has 1 amide bonds. The number of morpholine rings is 1. The number of benzene rings is 2. The molecule has 2 aliphatic rings. The topological polar surface area (TPSA) is 60.0 Å². The predicted molar refractivity (Wildman–Crippen MR) is 106 cm³/mol. The molecule has 1 fully saturated rings. The maximum absolute atomic E-state index is 12.1. The smallest absolute Gasteiger partial charge is 0.244 e. The fraction of sp³-hybridized carbons (Fsp3) is 0.318. The van der Waals surface area contributed by atoms with Gasteiger partial charge in [0.15, 0.2) is 11.5 Å². The van der Waals surface area contributed by atoms with Crippen molar-refractivity contribution in [2.45, 2.75) is 13.1 Å². The summed E-state index contributed by atoms with van der Waals surface area (Å²) in [5.41, 5.74) is 3.25. The molecule has 1 N–H and O–H groups in total. The van der Waals surface area contributed by atoms with Gasteiger partial charge >= 0.3 is 0 Å². The van der Waals surface area contributed by atoms with Crippen LogP contribution in [0.5, 0.6) is 11.5 Å². The van der Waals surface area contributed by atoms with E-state index < -0.39 is 0 Å². The quantitative estimate of drug-likeness (QED) is 0.781. The van der Waals surface area contributed by atoms with Gasteiger partial charge in [-0.25, -0.2) is 0 Å².